The Hall–Kier alpha value is -1.16. The van der Waals surface area contributed by atoms with Crippen LogP contribution in [0.2, 0.25) is 0 Å². The average molecular weight is 207 g/mol. The van der Waals surface area contributed by atoms with Crippen LogP contribution in [0.25, 0.3) is 0 Å². The first-order valence-corrected chi connectivity index (χ1v) is 5.52. The zero-order chi connectivity index (χ0) is 10.5. The Labute approximate surface area is 89.8 Å². The van der Waals surface area contributed by atoms with Crippen molar-refractivity contribution >= 4 is 5.82 Å². The van der Waals surface area contributed by atoms with E-state index in [1.165, 1.54) is 12.7 Å². The molecule has 82 valence electrons. The summed E-state index contributed by atoms with van der Waals surface area (Å²) < 4.78 is 0. The maximum Gasteiger partial charge on any atom is 0.129 e. The standard InChI is InChI=1S/C11H17N3O/c15-10-3-1-2-9(6-10)7-13-11-4-5-12-8-14-11/h4-5,8-10,15H,1-3,6-7H2,(H,12,13,14). The molecule has 1 aliphatic carbocycles. The van der Waals surface area contributed by atoms with E-state index in [2.05, 4.69) is 15.3 Å². The summed E-state index contributed by atoms with van der Waals surface area (Å²) in [5, 5.41) is 12.8. The van der Waals surface area contributed by atoms with E-state index in [4.69, 9.17) is 0 Å². The van der Waals surface area contributed by atoms with Gasteiger partial charge >= 0.3 is 0 Å². The fourth-order valence-electron chi connectivity index (χ4n) is 2.09. The van der Waals surface area contributed by atoms with Gasteiger partial charge in [-0.25, -0.2) is 9.97 Å². The zero-order valence-corrected chi connectivity index (χ0v) is 8.76. The van der Waals surface area contributed by atoms with Crippen LogP contribution < -0.4 is 5.32 Å². The van der Waals surface area contributed by atoms with Crippen LogP contribution in [-0.4, -0.2) is 27.7 Å². The second-order valence-corrected chi connectivity index (χ2v) is 4.16. The third-order valence-electron chi connectivity index (χ3n) is 2.91. The highest BCUT2D eigenvalue weighted by Crippen LogP contribution is 2.24. The van der Waals surface area contributed by atoms with Gasteiger partial charge in [0.15, 0.2) is 0 Å². The quantitative estimate of drug-likeness (QED) is 0.787. The lowest BCUT2D eigenvalue weighted by Crippen LogP contribution is -2.25. The van der Waals surface area contributed by atoms with Crippen molar-refractivity contribution in [1.29, 1.82) is 0 Å². The predicted octanol–water partition coefficient (Wildman–Crippen LogP) is 1.44. The number of hydrogen-bond donors (Lipinski definition) is 2. The third-order valence-corrected chi connectivity index (χ3v) is 2.91. The van der Waals surface area contributed by atoms with E-state index in [9.17, 15) is 5.11 Å². The van der Waals surface area contributed by atoms with Crippen LogP contribution in [0.1, 0.15) is 25.7 Å². The number of nitrogens with one attached hydrogen (secondary N) is 1. The van der Waals surface area contributed by atoms with Crippen LogP contribution in [0.5, 0.6) is 0 Å². The monoisotopic (exact) mass is 207 g/mol. The van der Waals surface area contributed by atoms with Gasteiger partial charge in [0.2, 0.25) is 0 Å². The lowest BCUT2D eigenvalue weighted by Gasteiger charge is -2.25. The van der Waals surface area contributed by atoms with Gasteiger partial charge in [0.25, 0.3) is 0 Å². The summed E-state index contributed by atoms with van der Waals surface area (Å²) in [5.41, 5.74) is 0. The van der Waals surface area contributed by atoms with Crippen LogP contribution in [0.4, 0.5) is 5.82 Å². The lowest BCUT2D eigenvalue weighted by molar-refractivity contribution is 0.104. The summed E-state index contributed by atoms with van der Waals surface area (Å²) in [6.45, 7) is 0.897. The van der Waals surface area contributed by atoms with E-state index in [0.717, 1.165) is 31.6 Å². The molecule has 1 heterocycles. The van der Waals surface area contributed by atoms with E-state index in [0.29, 0.717) is 5.92 Å². The highest BCUT2D eigenvalue weighted by Gasteiger charge is 2.19. The molecule has 2 unspecified atom stereocenters. The van der Waals surface area contributed by atoms with Crippen molar-refractivity contribution in [2.45, 2.75) is 31.8 Å². The van der Waals surface area contributed by atoms with Crippen molar-refractivity contribution in [2.24, 2.45) is 5.92 Å². The molecule has 0 aliphatic heterocycles. The maximum absolute atomic E-state index is 9.52. The van der Waals surface area contributed by atoms with Gasteiger partial charge in [-0.2, -0.15) is 0 Å². The predicted molar refractivity (Wildman–Crippen MR) is 58.5 cm³/mol. The molecule has 2 atom stereocenters. The number of aromatic nitrogens is 2. The lowest BCUT2D eigenvalue weighted by atomic mass is 9.87. The van der Waals surface area contributed by atoms with E-state index < -0.39 is 0 Å². The molecule has 4 heteroatoms. The number of hydrogen-bond acceptors (Lipinski definition) is 4. The average Bonchev–Trinajstić information content (AvgIpc) is 2.28. The van der Waals surface area contributed by atoms with E-state index in [1.807, 2.05) is 6.07 Å². The fraction of sp³-hybridized carbons (Fsp3) is 0.636. The minimum Gasteiger partial charge on any atom is -0.393 e. The molecule has 0 bridgehead atoms. The minimum atomic E-state index is -0.101. The van der Waals surface area contributed by atoms with Gasteiger partial charge < -0.3 is 10.4 Å². The smallest absolute Gasteiger partial charge is 0.129 e. The van der Waals surface area contributed by atoms with E-state index in [-0.39, 0.29) is 6.10 Å². The van der Waals surface area contributed by atoms with E-state index in [1.54, 1.807) is 6.20 Å². The minimum absolute atomic E-state index is 0.101. The van der Waals surface area contributed by atoms with Gasteiger partial charge in [-0.05, 0) is 31.2 Å². The summed E-state index contributed by atoms with van der Waals surface area (Å²) in [7, 11) is 0. The second kappa shape index (κ2) is 5.07. The molecular formula is C11H17N3O. The molecule has 0 amide bonds. The van der Waals surface area contributed by atoms with Gasteiger partial charge in [0.05, 0.1) is 6.10 Å². The summed E-state index contributed by atoms with van der Waals surface area (Å²) in [5.74, 6) is 1.44. The number of aliphatic hydroxyl groups is 1. The zero-order valence-electron chi connectivity index (χ0n) is 8.76. The highest BCUT2D eigenvalue weighted by molar-refractivity contribution is 5.31. The SMILES string of the molecule is OC1CCCC(CNc2ccncn2)C1. The summed E-state index contributed by atoms with van der Waals surface area (Å²) in [6, 6.07) is 1.86. The molecule has 0 radical (unpaired) electrons. The topological polar surface area (TPSA) is 58.0 Å². The van der Waals surface area contributed by atoms with Crippen LogP contribution in [0, 0.1) is 5.92 Å². The molecule has 1 saturated carbocycles. The number of anilines is 1. The maximum atomic E-state index is 9.52. The highest BCUT2D eigenvalue weighted by atomic mass is 16.3. The number of rotatable bonds is 3. The van der Waals surface area contributed by atoms with Crippen molar-refractivity contribution in [2.75, 3.05) is 11.9 Å². The molecular weight excluding hydrogens is 190 g/mol. The molecule has 2 rings (SSSR count). The van der Waals surface area contributed by atoms with Gasteiger partial charge in [0.1, 0.15) is 12.1 Å². The molecule has 2 N–H and O–H groups in total. The first-order valence-electron chi connectivity index (χ1n) is 5.52. The molecule has 0 spiro atoms. The van der Waals surface area contributed by atoms with Gasteiger partial charge in [-0.15, -0.1) is 0 Å². The van der Waals surface area contributed by atoms with Crippen molar-refractivity contribution < 1.29 is 5.11 Å². The molecule has 1 aromatic rings. The Morgan fingerprint density at radius 3 is 3.13 bits per heavy atom. The van der Waals surface area contributed by atoms with Crippen molar-refractivity contribution in [3.8, 4) is 0 Å². The van der Waals surface area contributed by atoms with E-state index >= 15 is 0 Å². The molecule has 0 saturated heterocycles. The van der Waals surface area contributed by atoms with Gasteiger partial charge in [-0.3, -0.25) is 0 Å². The van der Waals surface area contributed by atoms with Gasteiger partial charge in [0, 0.05) is 12.7 Å². The molecule has 1 aliphatic rings. The molecule has 1 fully saturated rings. The molecule has 4 nitrogen and oxygen atoms in total. The normalized spacial score (nSPS) is 26.2. The van der Waals surface area contributed by atoms with Crippen LogP contribution >= 0.6 is 0 Å². The Balaban J connectivity index is 1.78. The first kappa shape index (κ1) is 10.4. The Morgan fingerprint density at radius 1 is 1.47 bits per heavy atom. The Morgan fingerprint density at radius 2 is 2.40 bits per heavy atom. The molecule has 0 aromatic carbocycles. The van der Waals surface area contributed by atoms with Crippen LogP contribution in [-0.2, 0) is 0 Å². The summed E-state index contributed by atoms with van der Waals surface area (Å²) >= 11 is 0. The Bertz CT molecular complexity index is 291. The Kier molecular flexibility index (Phi) is 3.50. The molecule has 15 heavy (non-hydrogen) atoms. The fourth-order valence-corrected chi connectivity index (χ4v) is 2.09. The van der Waals surface area contributed by atoms with Crippen molar-refractivity contribution in [3.63, 3.8) is 0 Å². The number of aliphatic hydroxyl groups excluding tert-OH is 1. The van der Waals surface area contributed by atoms with Crippen LogP contribution in [0.3, 0.4) is 0 Å². The van der Waals surface area contributed by atoms with Gasteiger partial charge in [-0.1, -0.05) is 6.42 Å². The summed E-state index contributed by atoms with van der Waals surface area (Å²) in [6.07, 6.45) is 7.38. The number of nitrogens with zero attached hydrogens (tertiary/aromatic N) is 2. The largest absolute Gasteiger partial charge is 0.393 e. The molecule has 1 aromatic heterocycles. The summed E-state index contributed by atoms with van der Waals surface area (Å²) in [4.78, 5) is 7.96. The van der Waals surface area contributed by atoms with Crippen LogP contribution in [0.15, 0.2) is 18.6 Å². The third kappa shape index (κ3) is 3.16. The van der Waals surface area contributed by atoms with Crippen molar-refractivity contribution in [1.82, 2.24) is 9.97 Å². The first-order chi connectivity index (χ1) is 7.34. The second-order valence-electron chi connectivity index (χ2n) is 4.16. The van der Waals surface area contributed by atoms with Crippen molar-refractivity contribution in [3.05, 3.63) is 18.6 Å².